The highest BCUT2D eigenvalue weighted by Crippen LogP contribution is 2.32. The number of fused-ring (bicyclic) bond motifs is 1. The number of benzene rings is 2. The Morgan fingerprint density at radius 1 is 1.12 bits per heavy atom. The molecule has 2 aromatic carbocycles. The molecule has 2 N–H and O–H groups in total. The largest absolute Gasteiger partial charge is 0.507 e. The normalized spacial score (nSPS) is 12.4. The number of carbonyl (C=O) groups excluding carboxylic acids is 2. The van der Waals surface area contributed by atoms with Crippen LogP contribution in [0.25, 0.3) is 0 Å². The summed E-state index contributed by atoms with van der Waals surface area (Å²) in [5.41, 5.74) is 1.33. The molecule has 2 aromatic rings. The molecule has 0 fully saturated rings. The topological polar surface area (TPSA) is 94.1 Å². The summed E-state index contributed by atoms with van der Waals surface area (Å²) in [6.45, 7) is 2.25. The molecule has 0 saturated heterocycles. The van der Waals surface area contributed by atoms with Crippen molar-refractivity contribution in [2.45, 2.75) is 6.92 Å². The number of aryl methyl sites for hydroxylation is 1. The molecule has 1 heterocycles. The number of anilines is 1. The first-order valence-corrected chi connectivity index (χ1v) is 7.69. The van der Waals surface area contributed by atoms with Crippen molar-refractivity contribution in [3.63, 3.8) is 0 Å². The number of ether oxygens (including phenoxy) is 3. The second-order valence-electron chi connectivity index (χ2n) is 5.50. The number of hydrogen-bond acceptors (Lipinski definition) is 6. The van der Waals surface area contributed by atoms with Gasteiger partial charge in [0.15, 0.2) is 18.1 Å². The molecule has 130 valence electrons. The number of phenols is 1. The van der Waals surface area contributed by atoms with Crippen LogP contribution in [0, 0.1) is 6.92 Å². The molecule has 1 aliphatic rings. The molecule has 0 aromatic heterocycles. The van der Waals surface area contributed by atoms with E-state index in [9.17, 15) is 14.7 Å². The summed E-state index contributed by atoms with van der Waals surface area (Å²) in [6.07, 6.45) is 0. The summed E-state index contributed by atoms with van der Waals surface area (Å²) in [5.74, 6) is -0.292. The standard InChI is InChI=1S/C18H17NO6/c1-11-2-4-13(14(20)8-11)18(22)25-10-17(21)19-12-3-5-15-16(9-12)24-7-6-23-15/h2-5,8-9,20H,6-7,10H2,1H3,(H,19,21). The number of carbonyl (C=O) groups is 2. The van der Waals surface area contributed by atoms with E-state index in [0.29, 0.717) is 30.4 Å². The lowest BCUT2D eigenvalue weighted by atomic mass is 10.1. The van der Waals surface area contributed by atoms with Crippen molar-refractivity contribution in [1.29, 1.82) is 0 Å². The van der Waals surface area contributed by atoms with Crippen molar-refractivity contribution < 1.29 is 28.9 Å². The average molecular weight is 343 g/mol. The molecule has 0 saturated carbocycles. The van der Waals surface area contributed by atoms with Crippen LogP contribution in [0.4, 0.5) is 5.69 Å². The van der Waals surface area contributed by atoms with Gasteiger partial charge in [0.25, 0.3) is 5.91 Å². The van der Waals surface area contributed by atoms with E-state index < -0.39 is 18.5 Å². The quantitative estimate of drug-likeness (QED) is 0.827. The van der Waals surface area contributed by atoms with Gasteiger partial charge in [0.1, 0.15) is 24.5 Å². The smallest absolute Gasteiger partial charge is 0.342 e. The van der Waals surface area contributed by atoms with Gasteiger partial charge in [0.2, 0.25) is 0 Å². The second-order valence-corrected chi connectivity index (χ2v) is 5.50. The van der Waals surface area contributed by atoms with Crippen LogP contribution in [-0.2, 0) is 9.53 Å². The van der Waals surface area contributed by atoms with E-state index in [-0.39, 0.29) is 11.3 Å². The van der Waals surface area contributed by atoms with E-state index in [4.69, 9.17) is 14.2 Å². The number of phenolic OH excluding ortho intramolecular Hbond substituents is 1. The predicted octanol–water partition coefficient (Wildman–Crippen LogP) is 2.27. The Bertz CT molecular complexity index is 817. The zero-order chi connectivity index (χ0) is 17.8. The van der Waals surface area contributed by atoms with Crippen LogP contribution in [0.3, 0.4) is 0 Å². The molecule has 0 atom stereocenters. The summed E-state index contributed by atoms with van der Waals surface area (Å²) < 4.78 is 15.8. The molecule has 7 nitrogen and oxygen atoms in total. The lowest BCUT2D eigenvalue weighted by Gasteiger charge is -2.19. The minimum absolute atomic E-state index is 0.0118. The van der Waals surface area contributed by atoms with E-state index in [1.165, 1.54) is 12.1 Å². The predicted molar refractivity (Wildman–Crippen MR) is 89.2 cm³/mol. The highest BCUT2D eigenvalue weighted by Gasteiger charge is 2.16. The monoisotopic (exact) mass is 343 g/mol. The fourth-order valence-electron chi connectivity index (χ4n) is 2.34. The first kappa shape index (κ1) is 16.6. The molecule has 1 amide bonds. The fraction of sp³-hybridized carbons (Fsp3) is 0.222. The number of amides is 1. The SMILES string of the molecule is Cc1ccc(C(=O)OCC(=O)Nc2ccc3c(c2)OCCO3)c(O)c1. The van der Waals surface area contributed by atoms with Gasteiger partial charge < -0.3 is 24.6 Å². The van der Waals surface area contributed by atoms with Gasteiger partial charge in [-0.3, -0.25) is 4.79 Å². The second kappa shape index (κ2) is 7.12. The first-order valence-electron chi connectivity index (χ1n) is 7.69. The van der Waals surface area contributed by atoms with Crippen LogP contribution >= 0.6 is 0 Å². The van der Waals surface area contributed by atoms with Gasteiger partial charge in [-0.2, -0.15) is 0 Å². The Balaban J connectivity index is 1.56. The van der Waals surface area contributed by atoms with Crippen LogP contribution in [0.15, 0.2) is 36.4 Å². The van der Waals surface area contributed by atoms with Crippen LogP contribution in [0.1, 0.15) is 15.9 Å². The molecule has 0 spiro atoms. The van der Waals surface area contributed by atoms with Gasteiger partial charge in [-0.05, 0) is 36.8 Å². The van der Waals surface area contributed by atoms with Crippen molar-refractivity contribution >= 4 is 17.6 Å². The van der Waals surface area contributed by atoms with E-state index in [2.05, 4.69) is 5.32 Å². The Labute approximate surface area is 144 Å². The van der Waals surface area contributed by atoms with E-state index >= 15 is 0 Å². The molecular formula is C18H17NO6. The van der Waals surface area contributed by atoms with Crippen LogP contribution in [0.5, 0.6) is 17.2 Å². The Morgan fingerprint density at radius 2 is 1.88 bits per heavy atom. The molecule has 7 heteroatoms. The lowest BCUT2D eigenvalue weighted by Crippen LogP contribution is -2.21. The highest BCUT2D eigenvalue weighted by molar-refractivity contribution is 5.96. The Kier molecular flexibility index (Phi) is 4.74. The molecule has 0 bridgehead atoms. The van der Waals surface area contributed by atoms with Crippen molar-refractivity contribution in [2.75, 3.05) is 25.1 Å². The van der Waals surface area contributed by atoms with Crippen molar-refractivity contribution in [3.8, 4) is 17.2 Å². The average Bonchev–Trinajstić information content (AvgIpc) is 2.59. The number of nitrogens with one attached hydrogen (secondary N) is 1. The summed E-state index contributed by atoms with van der Waals surface area (Å²) >= 11 is 0. The van der Waals surface area contributed by atoms with Crippen LogP contribution in [0.2, 0.25) is 0 Å². The molecule has 0 radical (unpaired) electrons. The molecule has 25 heavy (non-hydrogen) atoms. The lowest BCUT2D eigenvalue weighted by molar-refractivity contribution is -0.119. The zero-order valence-electron chi connectivity index (χ0n) is 13.6. The zero-order valence-corrected chi connectivity index (χ0v) is 13.6. The number of aromatic hydroxyl groups is 1. The minimum Gasteiger partial charge on any atom is -0.507 e. The van der Waals surface area contributed by atoms with Gasteiger partial charge in [0, 0.05) is 11.8 Å². The molecule has 1 aliphatic heterocycles. The van der Waals surface area contributed by atoms with Gasteiger partial charge in [-0.25, -0.2) is 4.79 Å². The van der Waals surface area contributed by atoms with Crippen molar-refractivity contribution in [2.24, 2.45) is 0 Å². The third-order valence-corrected chi connectivity index (χ3v) is 3.53. The number of rotatable bonds is 4. The van der Waals surface area contributed by atoms with E-state index in [1.807, 2.05) is 0 Å². The first-order chi connectivity index (χ1) is 12.0. The van der Waals surface area contributed by atoms with Crippen LogP contribution in [-0.4, -0.2) is 36.8 Å². The molecule has 3 rings (SSSR count). The molecule has 0 unspecified atom stereocenters. The van der Waals surface area contributed by atoms with Gasteiger partial charge in [0.05, 0.1) is 0 Å². The van der Waals surface area contributed by atoms with Gasteiger partial charge in [-0.15, -0.1) is 0 Å². The maximum absolute atomic E-state index is 11.9. The minimum atomic E-state index is -0.769. The van der Waals surface area contributed by atoms with E-state index in [1.54, 1.807) is 31.2 Å². The maximum Gasteiger partial charge on any atom is 0.342 e. The summed E-state index contributed by atoms with van der Waals surface area (Å²) in [6, 6.07) is 9.57. The van der Waals surface area contributed by atoms with Crippen molar-refractivity contribution in [3.05, 3.63) is 47.5 Å². The number of hydrogen-bond donors (Lipinski definition) is 2. The van der Waals surface area contributed by atoms with Gasteiger partial charge >= 0.3 is 5.97 Å². The fourth-order valence-corrected chi connectivity index (χ4v) is 2.34. The maximum atomic E-state index is 11.9. The highest BCUT2D eigenvalue weighted by atomic mass is 16.6. The molecule has 0 aliphatic carbocycles. The third kappa shape index (κ3) is 4.00. The third-order valence-electron chi connectivity index (χ3n) is 3.53. The summed E-state index contributed by atoms with van der Waals surface area (Å²) in [4.78, 5) is 23.9. The van der Waals surface area contributed by atoms with Gasteiger partial charge in [-0.1, -0.05) is 6.07 Å². The molecular weight excluding hydrogens is 326 g/mol. The number of esters is 1. The Morgan fingerprint density at radius 3 is 2.64 bits per heavy atom. The summed E-state index contributed by atoms with van der Waals surface area (Å²) in [5, 5.41) is 12.4. The van der Waals surface area contributed by atoms with Crippen molar-refractivity contribution in [1.82, 2.24) is 0 Å². The van der Waals surface area contributed by atoms with Crippen LogP contribution < -0.4 is 14.8 Å². The Hall–Kier alpha value is -3.22. The van der Waals surface area contributed by atoms with E-state index in [0.717, 1.165) is 5.56 Å². The summed E-state index contributed by atoms with van der Waals surface area (Å²) in [7, 11) is 0.